The third kappa shape index (κ3) is 4.38. The van der Waals surface area contributed by atoms with E-state index in [1.165, 1.54) is 12.1 Å². The van der Waals surface area contributed by atoms with Crippen LogP contribution in [-0.4, -0.2) is 9.55 Å². The van der Waals surface area contributed by atoms with Crippen LogP contribution in [0.15, 0.2) is 83.4 Å². The van der Waals surface area contributed by atoms with Crippen molar-refractivity contribution >= 4 is 28.6 Å². The molecule has 3 nitrogen and oxygen atoms in total. The normalized spacial score (nSPS) is 11.7. The minimum absolute atomic E-state index is 0.221. The largest absolute Gasteiger partial charge is 0.316 e. The Morgan fingerprint density at radius 1 is 1.04 bits per heavy atom. The Labute approximate surface area is 171 Å². The molecule has 0 unspecified atom stereocenters. The molecule has 2 aromatic heterocycles. The maximum atomic E-state index is 13.2. The summed E-state index contributed by atoms with van der Waals surface area (Å²) in [6.45, 7) is 0.728. The maximum Gasteiger partial charge on any atom is 0.190 e. The molecule has 0 spiro atoms. The summed E-state index contributed by atoms with van der Waals surface area (Å²) in [6, 6.07) is 18.2. The highest BCUT2D eigenvalue weighted by Crippen LogP contribution is 2.23. The number of aromatic nitrogens is 2. The summed E-state index contributed by atoms with van der Waals surface area (Å²) >= 11 is 7.63. The molecule has 6 heteroatoms. The molecule has 2 aromatic carbocycles. The summed E-state index contributed by atoms with van der Waals surface area (Å²) in [6.07, 6.45) is 4.25. The molecule has 0 amide bonds. The number of aryl methyl sites for hydroxylation is 1. The molecule has 140 valence electrons. The summed E-state index contributed by atoms with van der Waals surface area (Å²) < 4.78 is 15.4. The fraction of sp³-hybridized carbons (Fsp3) is 0.0909. The third-order valence-corrected chi connectivity index (χ3v) is 5.46. The van der Waals surface area contributed by atoms with E-state index < -0.39 is 0 Å². The lowest BCUT2D eigenvalue weighted by atomic mass is 10.1. The van der Waals surface area contributed by atoms with Gasteiger partial charge in [0.2, 0.25) is 0 Å². The molecule has 0 N–H and O–H groups in total. The molecule has 0 saturated carbocycles. The summed E-state index contributed by atoms with van der Waals surface area (Å²) in [7, 11) is 0. The highest BCUT2D eigenvalue weighted by Gasteiger charge is 2.09. The van der Waals surface area contributed by atoms with E-state index in [-0.39, 0.29) is 5.82 Å². The number of nitrogens with zero attached hydrogens (tertiary/aromatic N) is 3. The Balaban J connectivity index is 1.73. The topological polar surface area (TPSA) is 30.2 Å². The van der Waals surface area contributed by atoms with Crippen molar-refractivity contribution in [2.75, 3.05) is 0 Å². The van der Waals surface area contributed by atoms with E-state index in [2.05, 4.69) is 14.9 Å². The first-order chi connectivity index (χ1) is 13.7. The Hall–Kier alpha value is -2.76. The van der Waals surface area contributed by atoms with E-state index in [0.717, 1.165) is 40.3 Å². The second kappa shape index (κ2) is 8.50. The highest BCUT2D eigenvalue weighted by atomic mass is 35.5. The van der Waals surface area contributed by atoms with Crippen molar-refractivity contribution in [1.29, 1.82) is 0 Å². The van der Waals surface area contributed by atoms with Crippen molar-refractivity contribution in [3.05, 3.63) is 99.6 Å². The van der Waals surface area contributed by atoms with E-state index in [9.17, 15) is 4.39 Å². The Morgan fingerprint density at radius 3 is 2.54 bits per heavy atom. The number of benzene rings is 2. The van der Waals surface area contributed by atoms with Crippen LogP contribution >= 0.6 is 22.9 Å². The smallest absolute Gasteiger partial charge is 0.190 e. The predicted molar refractivity (Wildman–Crippen MR) is 112 cm³/mol. The monoisotopic (exact) mass is 409 g/mol. The zero-order chi connectivity index (χ0) is 19.3. The van der Waals surface area contributed by atoms with Crippen molar-refractivity contribution in [2.45, 2.75) is 13.0 Å². The zero-order valence-electron chi connectivity index (χ0n) is 14.9. The van der Waals surface area contributed by atoms with Gasteiger partial charge in [0.15, 0.2) is 4.80 Å². The molecule has 4 rings (SSSR count). The molecular weight excluding hydrogens is 393 g/mol. The second-order valence-corrected chi connectivity index (χ2v) is 7.53. The van der Waals surface area contributed by atoms with E-state index in [0.29, 0.717) is 5.02 Å². The van der Waals surface area contributed by atoms with Crippen LogP contribution in [0.5, 0.6) is 0 Å². The van der Waals surface area contributed by atoms with Gasteiger partial charge in [0, 0.05) is 23.1 Å². The number of hydrogen-bond acceptors (Lipinski definition) is 3. The lowest BCUT2D eigenvalue weighted by Crippen LogP contribution is -2.17. The number of rotatable bonds is 5. The Bertz CT molecular complexity index is 1120. The van der Waals surface area contributed by atoms with Crippen LogP contribution in [0.1, 0.15) is 5.56 Å². The van der Waals surface area contributed by atoms with Crippen LogP contribution in [-0.2, 0) is 13.0 Å². The van der Waals surface area contributed by atoms with Crippen LogP contribution in [0.4, 0.5) is 10.1 Å². The predicted octanol–water partition coefficient (Wildman–Crippen LogP) is 5.88. The van der Waals surface area contributed by atoms with Gasteiger partial charge >= 0.3 is 0 Å². The average molecular weight is 410 g/mol. The van der Waals surface area contributed by atoms with E-state index in [1.807, 2.05) is 48.5 Å². The molecule has 2 heterocycles. The fourth-order valence-corrected chi connectivity index (χ4v) is 3.99. The van der Waals surface area contributed by atoms with Crippen LogP contribution in [0.25, 0.3) is 11.3 Å². The molecule has 0 atom stereocenters. The molecule has 0 aliphatic rings. The van der Waals surface area contributed by atoms with Crippen LogP contribution in [0, 0.1) is 5.82 Å². The van der Waals surface area contributed by atoms with Crippen molar-refractivity contribution in [3.63, 3.8) is 0 Å². The fourth-order valence-electron chi connectivity index (χ4n) is 2.91. The van der Waals surface area contributed by atoms with Crippen molar-refractivity contribution in [2.24, 2.45) is 4.99 Å². The standard InChI is InChI=1S/C22H17ClFN3S/c23-18-7-5-17(6-8-18)21-15-28-22(26-20-2-1-12-25-14-20)27(21)13-11-16-3-9-19(24)10-4-16/h1-10,12,14-15H,11,13H2. The lowest BCUT2D eigenvalue weighted by molar-refractivity contribution is 0.625. The van der Waals surface area contributed by atoms with Crippen molar-refractivity contribution in [3.8, 4) is 11.3 Å². The molecule has 0 bridgehead atoms. The van der Waals surface area contributed by atoms with Crippen LogP contribution in [0.2, 0.25) is 5.02 Å². The van der Waals surface area contributed by atoms with Gasteiger partial charge < -0.3 is 4.57 Å². The maximum absolute atomic E-state index is 13.2. The van der Waals surface area contributed by atoms with Gasteiger partial charge in [-0.2, -0.15) is 0 Å². The van der Waals surface area contributed by atoms with Crippen LogP contribution in [0.3, 0.4) is 0 Å². The summed E-state index contributed by atoms with van der Waals surface area (Å²) in [5.41, 5.74) is 4.04. The molecular formula is C22H17ClFN3S. The minimum atomic E-state index is -0.221. The molecule has 4 aromatic rings. The van der Waals surface area contributed by atoms with Crippen molar-refractivity contribution < 1.29 is 4.39 Å². The summed E-state index contributed by atoms with van der Waals surface area (Å²) in [4.78, 5) is 9.79. The van der Waals surface area contributed by atoms with E-state index >= 15 is 0 Å². The van der Waals surface area contributed by atoms with Gasteiger partial charge in [-0.05, 0) is 53.9 Å². The lowest BCUT2D eigenvalue weighted by Gasteiger charge is -2.10. The minimum Gasteiger partial charge on any atom is -0.316 e. The summed E-state index contributed by atoms with van der Waals surface area (Å²) in [5, 5.41) is 2.81. The van der Waals surface area contributed by atoms with E-state index in [4.69, 9.17) is 16.6 Å². The van der Waals surface area contributed by atoms with Crippen molar-refractivity contribution in [1.82, 2.24) is 9.55 Å². The number of thiazole rings is 1. The van der Waals surface area contributed by atoms with Gasteiger partial charge in [-0.1, -0.05) is 35.9 Å². The molecule has 0 radical (unpaired) electrons. The molecule has 0 fully saturated rings. The summed E-state index contributed by atoms with van der Waals surface area (Å²) in [5.74, 6) is -0.221. The second-order valence-electron chi connectivity index (χ2n) is 6.26. The first-order valence-corrected chi connectivity index (χ1v) is 10.1. The van der Waals surface area contributed by atoms with Gasteiger partial charge in [0.25, 0.3) is 0 Å². The number of pyridine rings is 1. The van der Waals surface area contributed by atoms with Gasteiger partial charge in [0.05, 0.1) is 17.6 Å². The SMILES string of the molecule is Fc1ccc(CCn2c(-c3ccc(Cl)cc3)csc2=Nc2cccnc2)cc1. The molecule has 28 heavy (non-hydrogen) atoms. The third-order valence-electron chi connectivity index (χ3n) is 4.35. The first kappa shape index (κ1) is 18.6. The van der Waals surface area contributed by atoms with Gasteiger partial charge in [-0.3, -0.25) is 4.98 Å². The van der Waals surface area contributed by atoms with Crippen LogP contribution < -0.4 is 4.80 Å². The van der Waals surface area contributed by atoms with E-state index in [1.54, 1.807) is 23.7 Å². The molecule has 0 aliphatic carbocycles. The van der Waals surface area contributed by atoms with Gasteiger partial charge in [0.1, 0.15) is 5.82 Å². The average Bonchev–Trinajstić information content (AvgIpc) is 3.11. The molecule has 0 saturated heterocycles. The number of halogens is 2. The Kier molecular flexibility index (Phi) is 5.65. The zero-order valence-corrected chi connectivity index (χ0v) is 16.5. The Morgan fingerprint density at radius 2 is 1.82 bits per heavy atom. The quantitative estimate of drug-likeness (QED) is 0.405. The van der Waals surface area contributed by atoms with Gasteiger partial charge in [-0.15, -0.1) is 11.3 Å². The van der Waals surface area contributed by atoms with Gasteiger partial charge in [-0.25, -0.2) is 9.38 Å². The first-order valence-electron chi connectivity index (χ1n) is 8.82. The molecule has 0 aliphatic heterocycles. The highest BCUT2D eigenvalue weighted by molar-refractivity contribution is 7.07. The number of hydrogen-bond donors (Lipinski definition) is 0.